The molecule has 22 heavy (non-hydrogen) atoms. The minimum atomic E-state index is -1.09. The summed E-state index contributed by atoms with van der Waals surface area (Å²) >= 11 is 0. The average molecular weight is 305 g/mol. The number of benzene rings is 2. The second kappa shape index (κ2) is 6.80. The Morgan fingerprint density at radius 2 is 1.77 bits per heavy atom. The van der Waals surface area contributed by atoms with E-state index in [9.17, 15) is 18.4 Å². The van der Waals surface area contributed by atoms with Crippen LogP contribution >= 0.6 is 0 Å². The smallest absolute Gasteiger partial charge is 0.341 e. The van der Waals surface area contributed by atoms with E-state index in [0.717, 1.165) is 18.2 Å². The Kier molecular flexibility index (Phi) is 4.83. The normalized spacial score (nSPS) is 10.1. The van der Waals surface area contributed by atoms with Gasteiger partial charge in [-0.3, -0.25) is 4.79 Å². The van der Waals surface area contributed by atoms with Gasteiger partial charge in [0.15, 0.2) is 6.61 Å². The lowest BCUT2D eigenvalue weighted by Gasteiger charge is -2.17. The van der Waals surface area contributed by atoms with E-state index in [1.165, 1.54) is 11.9 Å². The summed E-state index contributed by atoms with van der Waals surface area (Å²) in [5, 5.41) is 0. The minimum absolute atomic E-state index is 0.489. The molecular formula is C16H13F2NO3. The highest BCUT2D eigenvalue weighted by atomic mass is 19.1. The lowest BCUT2D eigenvalue weighted by Crippen LogP contribution is -2.31. The molecule has 0 saturated carbocycles. The van der Waals surface area contributed by atoms with Gasteiger partial charge in [0.05, 0.1) is 5.56 Å². The zero-order chi connectivity index (χ0) is 16.1. The van der Waals surface area contributed by atoms with E-state index in [-0.39, 0.29) is 0 Å². The van der Waals surface area contributed by atoms with Crippen molar-refractivity contribution in [3.8, 4) is 0 Å². The number of rotatable bonds is 4. The van der Waals surface area contributed by atoms with Gasteiger partial charge in [-0.15, -0.1) is 0 Å². The molecule has 0 saturated heterocycles. The van der Waals surface area contributed by atoms with Gasteiger partial charge in [0.25, 0.3) is 5.91 Å². The first-order valence-corrected chi connectivity index (χ1v) is 6.43. The molecule has 1 amide bonds. The lowest BCUT2D eigenvalue weighted by molar-refractivity contribution is -0.121. The number of hydrogen-bond donors (Lipinski definition) is 0. The van der Waals surface area contributed by atoms with Crippen molar-refractivity contribution in [1.29, 1.82) is 0 Å². The number of ether oxygens (including phenoxy) is 1. The van der Waals surface area contributed by atoms with Gasteiger partial charge >= 0.3 is 5.97 Å². The molecule has 0 unspecified atom stereocenters. The quantitative estimate of drug-likeness (QED) is 0.816. The molecule has 2 rings (SSSR count). The molecule has 0 aliphatic heterocycles. The number of halogens is 2. The van der Waals surface area contributed by atoms with Crippen LogP contribution in [0.5, 0.6) is 0 Å². The third-order valence-electron chi connectivity index (χ3n) is 2.99. The molecule has 6 heteroatoms. The molecule has 0 bridgehead atoms. The number of likely N-dealkylation sites (N-methyl/N-ethyl adjacent to an activating group) is 1. The number of anilines is 1. The Labute approximate surface area is 125 Å². The first-order valence-electron chi connectivity index (χ1n) is 6.43. The van der Waals surface area contributed by atoms with Crippen LogP contribution in [0.25, 0.3) is 0 Å². The van der Waals surface area contributed by atoms with Crippen molar-refractivity contribution in [3.05, 3.63) is 65.7 Å². The molecule has 0 aliphatic carbocycles. The molecule has 0 fully saturated rings. The van der Waals surface area contributed by atoms with Gasteiger partial charge < -0.3 is 9.64 Å². The van der Waals surface area contributed by atoms with Crippen molar-refractivity contribution in [2.75, 3.05) is 18.6 Å². The summed E-state index contributed by atoms with van der Waals surface area (Å²) in [6.45, 7) is -0.569. The Bertz CT molecular complexity index is 689. The monoisotopic (exact) mass is 305 g/mol. The average Bonchev–Trinajstić information content (AvgIpc) is 2.54. The maximum Gasteiger partial charge on any atom is 0.341 e. The molecule has 0 radical (unpaired) electrons. The first-order chi connectivity index (χ1) is 10.5. The Morgan fingerprint density at radius 3 is 2.45 bits per heavy atom. The fraction of sp³-hybridized carbons (Fsp3) is 0.125. The Morgan fingerprint density at radius 1 is 1.09 bits per heavy atom. The van der Waals surface area contributed by atoms with Gasteiger partial charge in [-0.1, -0.05) is 18.2 Å². The topological polar surface area (TPSA) is 46.6 Å². The summed E-state index contributed by atoms with van der Waals surface area (Å²) in [5.41, 5.74) is 0.0793. The second-order valence-corrected chi connectivity index (χ2v) is 4.49. The lowest BCUT2D eigenvalue weighted by atomic mass is 10.2. The molecule has 0 N–H and O–H groups in total. The van der Waals surface area contributed by atoms with Crippen molar-refractivity contribution in [2.45, 2.75) is 0 Å². The number of carbonyl (C=O) groups excluding carboxylic acids is 2. The van der Waals surface area contributed by atoms with Crippen LogP contribution in [0.4, 0.5) is 14.5 Å². The van der Waals surface area contributed by atoms with Crippen LogP contribution in [-0.4, -0.2) is 25.5 Å². The second-order valence-electron chi connectivity index (χ2n) is 4.49. The van der Waals surface area contributed by atoms with Crippen LogP contribution in [0.3, 0.4) is 0 Å². The van der Waals surface area contributed by atoms with Crippen molar-refractivity contribution < 1.29 is 23.1 Å². The van der Waals surface area contributed by atoms with E-state index in [0.29, 0.717) is 5.69 Å². The number of nitrogens with zero attached hydrogens (tertiary/aromatic N) is 1. The van der Waals surface area contributed by atoms with E-state index in [1.54, 1.807) is 30.3 Å². The standard InChI is InChI=1S/C16H13F2NO3/c1-19(12-5-3-2-4-6-12)15(20)10-22-16(21)13-9-11(17)7-8-14(13)18/h2-9H,10H2,1H3. The van der Waals surface area contributed by atoms with Gasteiger partial charge in [-0.05, 0) is 30.3 Å². The summed E-state index contributed by atoms with van der Waals surface area (Å²) in [7, 11) is 1.52. The molecule has 0 heterocycles. The van der Waals surface area contributed by atoms with Crippen LogP contribution in [0.15, 0.2) is 48.5 Å². The van der Waals surface area contributed by atoms with Crippen molar-refractivity contribution in [2.24, 2.45) is 0 Å². The highest BCUT2D eigenvalue weighted by molar-refractivity contribution is 5.96. The fourth-order valence-corrected chi connectivity index (χ4v) is 1.75. The van der Waals surface area contributed by atoms with Crippen LogP contribution in [0.2, 0.25) is 0 Å². The summed E-state index contributed by atoms with van der Waals surface area (Å²) in [6.07, 6.45) is 0. The summed E-state index contributed by atoms with van der Waals surface area (Å²) in [5.74, 6) is -3.25. The van der Waals surface area contributed by atoms with Gasteiger partial charge in [0.1, 0.15) is 11.6 Å². The number of esters is 1. The van der Waals surface area contributed by atoms with Gasteiger partial charge in [-0.25, -0.2) is 13.6 Å². The maximum absolute atomic E-state index is 13.4. The third kappa shape index (κ3) is 3.66. The summed E-state index contributed by atoms with van der Waals surface area (Å²) < 4.78 is 31.1. The highest BCUT2D eigenvalue weighted by Crippen LogP contribution is 2.13. The minimum Gasteiger partial charge on any atom is -0.452 e. The van der Waals surface area contributed by atoms with E-state index < -0.39 is 35.7 Å². The molecule has 2 aromatic carbocycles. The van der Waals surface area contributed by atoms with Crippen LogP contribution < -0.4 is 4.90 Å². The predicted molar refractivity (Wildman–Crippen MR) is 76.5 cm³/mol. The van der Waals surface area contributed by atoms with E-state index in [1.807, 2.05) is 0 Å². The Hall–Kier alpha value is -2.76. The maximum atomic E-state index is 13.4. The molecule has 0 aromatic heterocycles. The molecule has 2 aromatic rings. The van der Waals surface area contributed by atoms with Crippen LogP contribution in [0.1, 0.15) is 10.4 Å². The SMILES string of the molecule is CN(C(=O)COC(=O)c1cc(F)ccc1F)c1ccccc1. The highest BCUT2D eigenvalue weighted by Gasteiger charge is 2.17. The zero-order valence-corrected chi connectivity index (χ0v) is 11.8. The summed E-state index contributed by atoms with van der Waals surface area (Å²) in [6, 6.07) is 11.2. The predicted octanol–water partition coefficient (Wildman–Crippen LogP) is 2.78. The molecular weight excluding hydrogens is 292 g/mol. The van der Waals surface area contributed by atoms with Crippen molar-refractivity contribution in [3.63, 3.8) is 0 Å². The zero-order valence-electron chi connectivity index (χ0n) is 11.8. The number of carbonyl (C=O) groups is 2. The van der Waals surface area contributed by atoms with Gasteiger partial charge in [0, 0.05) is 12.7 Å². The van der Waals surface area contributed by atoms with Crippen LogP contribution in [0, 0.1) is 11.6 Å². The van der Waals surface area contributed by atoms with E-state index >= 15 is 0 Å². The van der Waals surface area contributed by atoms with Gasteiger partial charge in [-0.2, -0.15) is 0 Å². The van der Waals surface area contributed by atoms with E-state index in [4.69, 9.17) is 4.74 Å². The Balaban J connectivity index is 1.99. The van der Waals surface area contributed by atoms with Gasteiger partial charge in [0.2, 0.25) is 0 Å². The fourth-order valence-electron chi connectivity index (χ4n) is 1.75. The van der Waals surface area contributed by atoms with E-state index in [2.05, 4.69) is 0 Å². The number of amides is 1. The number of para-hydroxylation sites is 1. The molecule has 4 nitrogen and oxygen atoms in total. The van der Waals surface area contributed by atoms with Crippen molar-refractivity contribution in [1.82, 2.24) is 0 Å². The van der Waals surface area contributed by atoms with Crippen LogP contribution in [-0.2, 0) is 9.53 Å². The third-order valence-corrected chi connectivity index (χ3v) is 2.99. The summed E-state index contributed by atoms with van der Waals surface area (Å²) in [4.78, 5) is 24.9. The number of hydrogen-bond acceptors (Lipinski definition) is 3. The largest absolute Gasteiger partial charge is 0.452 e. The molecule has 114 valence electrons. The first kappa shape index (κ1) is 15.6. The molecule has 0 aliphatic rings. The molecule has 0 atom stereocenters. The van der Waals surface area contributed by atoms with Crippen molar-refractivity contribution >= 4 is 17.6 Å². The molecule has 0 spiro atoms.